The van der Waals surface area contributed by atoms with Crippen molar-refractivity contribution < 1.29 is 19.4 Å². The number of likely N-dealkylation sites (tertiary alicyclic amines) is 1. The molecule has 0 bridgehead atoms. The maximum Gasteiger partial charge on any atom is 0.308 e. The van der Waals surface area contributed by atoms with Gasteiger partial charge in [0.15, 0.2) is 0 Å². The second-order valence-electron chi connectivity index (χ2n) is 5.08. The van der Waals surface area contributed by atoms with E-state index in [1.165, 1.54) is 0 Å². The molecule has 104 valence electrons. The van der Waals surface area contributed by atoms with Crippen LogP contribution in [-0.2, 0) is 14.3 Å². The van der Waals surface area contributed by atoms with Crippen LogP contribution in [-0.4, -0.2) is 47.2 Å². The van der Waals surface area contributed by atoms with Gasteiger partial charge in [0, 0.05) is 25.6 Å². The van der Waals surface area contributed by atoms with Crippen molar-refractivity contribution in [3.05, 3.63) is 0 Å². The monoisotopic (exact) mass is 257 g/mol. The van der Waals surface area contributed by atoms with Gasteiger partial charge in [0.2, 0.25) is 5.91 Å². The Hall–Kier alpha value is -1.10. The van der Waals surface area contributed by atoms with Crippen molar-refractivity contribution in [3.63, 3.8) is 0 Å². The molecule has 5 heteroatoms. The Labute approximate surface area is 108 Å². The van der Waals surface area contributed by atoms with E-state index < -0.39 is 11.9 Å². The predicted octanol–water partition coefficient (Wildman–Crippen LogP) is 1.51. The molecule has 1 aliphatic rings. The summed E-state index contributed by atoms with van der Waals surface area (Å²) < 4.78 is 5.38. The van der Waals surface area contributed by atoms with Gasteiger partial charge in [-0.2, -0.15) is 0 Å². The lowest BCUT2D eigenvalue weighted by atomic mass is 10.0. The number of rotatable bonds is 6. The Morgan fingerprint density at radius 2 is 2.11 bits per heavy atom. The number of amides is 1. The zero-order chi connectivity index (χ0) is 13.7. The van der Waals surface area contributed by atoms with E-state index >= 15 is 0 Å². The van der Waals surface area contributed by atoms with Crippen molar-refractivity contribution in [1.29, 1.82) is 0 Å². The summed E-state index contributed by atoms with van der Waals surface area (Å²) in [6.45, 7) is 6.87. The van der Waals surface area contributed by atoms with Crippen molar-refractivity contribution in [1.82, 2.24) is 4.90 Å². The van der Waals surface area contributed by atoms with E-state index in [9.17, 15) is 9.59 Å². The van der Waals surface area contributed by atoms with Crippen LogP contribution in [0.15, 0.2) is 0 Å². The van der Waals surface area contributed by atoms with Gasteiger partial charge in [-0.25, -0.2) is 0 Å². The second-order valence-corrected chi connectivity index (χ2v) is 5.08. The molecule has 0 aromatic rings. The smallest absolute Gasteiger partial charge is 0.308 e. The Kier molecular flexibility index (Phi) is 5.59. The second kappa shape index (κ2) is 6.73. The van der Waals surface area contributed by atoms with Gasteiger partial charge >= 0.3 is 5.97 Å². The SMILES string of the molecule is CC(C)OCCCC(=O)N1CCC(C(=O)O)C1C. The zero-order valence-corrected chi connectivity index (χ0v) is 11.4. The quantitative estimate of drug-likeness (QED) is 0.732. The van der Waals surface area contributed by atoms with Crippen LogP contribution in [0, 0.1) is 5.92 Å². The molecule has 0 spiro atoms. The maximum absolute atomic E-state index is 11.9. The number of carboxylic acid groups (broad SMARTS) is 1. The molecule has 2 unspecified atom stereocenters. The first kappa shape index (κ1) is 15.0. The van der Waals surface area contributed by atoms with E-state index in [1.807, 2.05) is 20.8 Å². The van der Waals surface area contributed by atoms with Gasteiger partial charge in [-0.3, -0.25) is 9.59 Å². The number of carbonyl (C=O) groups is 2. The number of hydrogen-bond donors (Lipinski definition) is 1. The number of carbonyl (C=O) groups excluding carboxylic acids is 1. The fourth-order valence-corrected chi connectivity index (χ4v) is 2.31. The minimum absolute atomic E-state index is 0.0404. The molecule has 0 aromatic carbocycles. The van der Waals surface area contributed by atoms with Crippen LogP contribution < -0.4 is 0 Å². The number of carboxylic acids is 1. The topological polar surface area (TPSA) is 66.8 Å². The van der Waals surface area contributed by atoms with Crippen molar-refractivity contribution in [2.24, 2.45) is 5.92 Å². The average Bonchev–Trinajstić information content (AvgIpc) is 2.66. The summed E-state index contributed by atoms with van der Waals surface area (Å²) in [6.07, 6.45) is 1.87. The molecule has 1 heterocycles. The molecule has 1 N–H and O–H groups in total. The van der Waals surface area contributed by atoms with Gasteiger partial charge < -0.3 is 14.7 Å². The largest absolute Gasteiger partial charge is 0.481 e. The average molecular weight is 257 g/mol. The van der Waals surface area contributed by atoms with E-state index in [-0.39, 0.29) is 18.1 Å². The van der Waals surface area contributed by atoms with Gasteiger partial charge in [0.1, 0.15) is 0 Å². The summed E-state index contributed by atoms with van der Waals surface area (Å²) in [4.78, 5) is 24.6. The molecule has 0 aromatic heterocycles. The van der Waals surface area contributed by atoms with Gasteiger partial charge in [-0.1, -0.05) is 0 Å². The number of nitrogens with zero attached hydrogens (tertiary/aromatic N) is 1. The molecule has 1 saturated heterocycles. The Bertz CT molecular complexity index is 303. The summed E-state index contributed by atoms with van der Waals surface area (Å²) in [5.74, 6) is -1.18. The van der Waals surface area contributed by atoms with E-state index in [0.29, 0.717) is 32.4 Å². The molecular formula is C13H23NO4. The van der Waals surface area contributed by atoms with Crippen LogP contribution >= 0.6 is 0 Å². The van der Waals surface area contributed by atoms with Crippen LogP contribution in [0.4, 0.5) is 0 Å². The molecule has 0 aliphatic carbocycles. The highest BCUT2D eigenvalue weighted by Gasteiger charge is 2.37. The van der Waals surface area contributed by atoms with Crippen molar-refractivity contribution in [3.8, 4) is 0 Å². The number of ether oxygens (including phenoxy) is 1. The van der Waals surface area contributed by atoms with Gasteiger partial charge in [0.25, 0.3) is 0 Å². The van der Waals surface area contributed by atoms with Crippen LogP contribution in [0.3, 0.4) is 0 Å². The summed E-state index contributed by atoms with van der Waals surface area (Å²) in [5.41, 5.74) is 0. The lowest BCUT2D eigenvalue weighted by Crippen LogP contribution is -2.37. The lowest BCUT2D eigenvalue weighted by Gasteiger charge is -2.23. The van der Waals surface area contributed by atoms with Crippen molar-refractivity contribution in [2.45, 2.75) is 52.2 Å². The first-order chi connectivity index (χ1) is 8.43. The highest BCUT2D eigenvalue weighted by molar-refractivity contribution is 5.79. The first-order valence-corrected chi connectivity index (χ1v) is 6.57. The molecule has 2 atom stereocenters. The molecule has 1 fully saturated rings. The maximum atomic E-state index is 11.9. The minimum atomic E-state index is -0.805. The molecule has 18 heavy (non-hydrogen) atoms. The fraction of sp³-hybridized carbons (Fsp3) is 0.846. The predicted molar refractivity (Wildman–Crippen MR) is 67.2 cm³/mol. The normalized spacial score (nSPS) is 23.7. The molecule has 1 rings (SSSR count). The van der Waals surface area contributed by atoms with Gasteiger partial charge in [-0.05, 0) is 33.6 Å². The first-order valence-electron chi connectivity index (χ1n) is 6.57. The molecule has 1 amide bonds. The third-order valence-electron chi connectivity index (χ3n) is 3.38. The Morgan fingerprint density at radius 1 is 1.44 bits per heavy atom. The zero-order valence-electron chi connectivity index (χ0n) is 11.4. The molecule has 5 nitrogen and oxygen atoms in total. The molecule has 0 radical (unpaired) electrons. The van der Waals surface area contributed by atoms with Gasteiger partial charge in [0.05, 0.1) is 12.0 Å². The van der Waals surface area contributed by atoms with Crippen LogP contribution in [0.5, 0.6) is 0 Å². The number of aliphatic carboxylic acids is 1. The summed E-state index contributed by atoms with van der Waals surface area (Å²) in [7, 11) is 0. The van der Waals surface area contributed by atoms with E-state index in [0.717, 1.165) is 0 Å². The van der Waals surface area contributed by atoms with E-state index in [2.05, 4.69) is 0 Å². The third-order valence-corrected chi connectivity index (χ3v) is 3.38. The highest BCUT2D eigenvalue weighted by Crippen LogP contribution is 2.25. The summed E-state index contributed by atoms with van der Waals surface area (Å²) >= 11 is 0. The van der Waals surface area contributed by atoms with Gasteiger partial charge in [-0.15, -0.1) is 0 Å². The fourth-order valence-electron chi connectivity index (χ4n) is 2.31. The Balaban J connectivity index is 2.32. The Morgan fingerprint density at radius 3 is 2.61 bits per heavy atom. The highest BCUT2D eigenvalue weighted by atomic mass is 16.5. The van der Waals surface area contributed by atoms with Crippen molar-refractivity contribution in [2.75, 3.05) is 13.2 Å². The van der Waals surface area contributed by atoms with E-state index in [1.54, 1.807) is 4.90 Å². The minimum Gasteiger partial charge on any atom is -0.481 e. The van der Waals surface area contributed by atoms with Crippen LogP contribution in [0.1, 0.15) is 40.0 Å². The molecular weight excluding hydrogens is 234 g/mol. The van der Waals surface area contributed by atoms with Crippen molar-refractivity contribution >= 4 is 11.9 Å². The standard InChI is InChI=1S/C13H23NO4/c1-9(2)18-8-4-5-12(15)14-7-6-11(10(14)3)13(16)17/h9-11H,4-8H2,1-3H3,(H,16,17). The van der Waals surface area contributed by atoms with Crippen LogP contribution in [0.2, 0.25) is 0 Å². The molecule has 1 aliphatic heterocycles. The summed E-state index contributed by atoms with van der Waals surface area (Å²) in [5, 5.41) is 9.00. The number of hydrogen-bond acceptors (Lipinski definition) is 3. The van der Waals surface area contributed by atoms with E-state index in [4.69, 9.17) is 9.84 Å². The molecule has 0 saturated carbocycles. The lowest BCUT2D eigenvalue weighted by molar-refractivity contribution is -0.143. The summed E-state index contributed by atoms with van der Waals surface area (Å²) in [6, 6.07) is -0.194. The van der Waals surface area contributed by atoms with Crippen LogP contribution in [0.25, 0.3) is 0 Å². The third kappa shape index (κ3) is 3.98.